The molecule has 0 aromatic heterocycles. The van der Waals surface area contributed by atoms with Crippen LogP contribution in [-0.4, -0.2) is 32.0 Å². The van der Waals surface area contributed by atoms with Gasteiger partial charge in [-0.05, 0) is 24.7 Å². The molecule has 0 atom stereocenters. The molecule has 0 unspecified atom stereocenters. The summed E-state index contributed by atoms with van der Waals surface area (Å²) < 4.78 is 5.12. The van der Waals surface area contributed by atoms with Gasteiger partial charge in [0.05, 0.1) is 12.8 Å². The van der Waals surface area contributed by atoms with Gasteiger partial charge in [-0.1, -0.05) is 6.92 Å². The van der Waals surface area contributed by atoms with Crippen LogP contribution < -0.4 is 21.1 Å². The Bertz CT molecular complexity index is 460. The van der Waals surface area contributed by atoms with E-state index in [4.69, 9.17) is 10.5 Å². The van der Waals surface area contributed by atoms with Crippen LogP contribution in [0.3, 0.4) is 0 Å². The zero-order chi connectivity index (χ0) is 14.3. The second-order valence-electron chi connectivity index (χ2n) is 3.93. The van der Waals surface area contributed by atoms with Gasteiger partial charge >= 0.3 is 0 Å². The standard InChI is InChI=1S/C13H19N3O3/c1-3-15-7-6-12(17)16-10-8-9(13(14)18)4-5-11(10)19-2/h4-5,8,15H,3,6-7H2,1-2H3,(H2,14,18)(H,16,17). The number of rotatable bonds is 7. The summed E-state index contributed by atoms with van der Waals surface area (Å²) in [5, 5.41) is 5.76. The number of carbonyl (C=O) groups is 2. The molecule has 1 rings (SSSR count). The van der Waals surface area contributed by atoms with Crippen LogP contribution in [0.25, 0.3) is 0 Å². The lowest BCUT2D eigenvalue weighted by molar-refractivity contribution is -0.116. The minimum Gasteiger partial charge on any atom is -0.495 e. The van der Waals surface area contributed by atoms with Crippen LogP contribution in [0.5, 0.6) is 5.75 Å². The Balaban J connectivity index is 2.77. The maximum absolute atomic E-state index is 11.7. The van der Waals surface area contributed by atoms with E-state index in [2.05, 4.69) is 10.6 Å². The highest BCUT2D eigenvalue weighted by Gasteiger charge is 2.10. The highest BCUT2D eigenvalue weighted by Crippen LogP contribution is 2.25. The Hall–Kier alpha value is -2.08. The molecule has 1 aromatic carbocycles. The maximum Gasteiger partial charge on any atom is 0.248 e. The predicted molar refractivity (Wildman–Crippen MR) is 73.3 cm³/mol. The van der Waals surface area contributed by atoms with E-state index in [0.29, 0.717) is 30.0 Å². The van der Waals surface area contributed by atoms with Gasteiger partial charge in [0.1, 0.15) is 5.75 Å². The lowest BCUT2D eigenvalue weighted by Crippen LogP contribution is -2.22. The summed E-state index contributed by atoms with van der Waals surface area (Å²) in [6.07, 6.45) is 0.345. The number of benzene rings is 1. The average molecular weight is 265 g/mol. The number of hydrogen-bond donors (Lipinski definition) is 3. The van der Waals surface area contributed by atoms with Crippen molar-refractivity contribution < 1.29 is 14.3 Å². The maximum atomic E-state index is 11.7. The SMILES string of the molecule is CCNCCC(=O)Nc1cc(C(N)=O)ccc1OC. The molecule has 0 aliphatic rings. The van der Waals surface area contributed by atoms with E-state index in [-0.39, 0.29) is 5.91 Å². The number of nitrogens with one attached hydrogen (secondary N) is 2. The summed E-state index contributed by atoms with van der Waals surface area (Å²) in [4.78, 5) is 22.8. The van der Waals surface area contributed by atoms with Gasteiger partial charge in [0.15, 0.2) is 0 Å². The Labute approximate surface area is 112 Å². The van der Waals surface area contributed by atoms with Gasteiger partial charge in [-0.25, -0.2) is 0 Å². The van der Waals surface area contributed by atoms with Gasteiger partial charge in [0.25, 0.3) is 0 Å². The quantitative estimate of drug-likeness (QED) is 0.634. The number of methoxy groups -OCH3 is 1. The molecule has 0 spiro atoms. The molecule has 0 radical (unpaired) electrons. The van der Waals surface area contributed by atoms with Gasteiger partial charge < -0.3 is 21.1 Å². The number of amides is 2. The lowest BCUT2D eigenvalue weighted by atomic mass is 10.1. The van der Waals surface area contributed by atoms with Crippen molar-refractivity contribution >= 4 is 17.5 Å². The normalized spacial score (nSPS) is 10.0. The molecule has 2 amide bonds. The summed E-state index contributed by atoms with van der Waals surface area (Å²) in [7, 11) is 1.49. The number of primary amides is 1. The summed E-state index contributed by atoms with van der Waals surface area (Å²) in [5.74, 6) is -0.214. The van der Waals surface area contributed by atoms with E-state index in [1.807, 2.05) is 6.92 Å². The van der Waals surface area contributed by atoms with Crippen LogP contribution in [0.1, 0.15) is 23.7 Å². The van der Waals surface area contributed by atoms with Crippen molar-refractivity contribution in [1.29, 1.82) is 0 Å². The molecule has 19 heavy (non-hydrogen) atoms. The smallest absolute Gasteiger partial charge is 0.248 e. The Morgan fingerprint density at radius 2 is 2.11 bits per heavy atom. The number of hydrogen-bond acceptors (Lipinski definition) is 4. The third kappa shape index (κ3) is 4.59. The second-order valence-corrected chi connectivity index (χ2v) is 3.93. The van der Waals surface area contributed by atoms with Crippen molar-refractivity contribution in [2.45, 2.75) is 13.3 Å². The third-order valence-electron chi connectivity index (χ3n) is 2.54. The van der Waals surface area contributed by atoms with Crippen LogP contribution in [-0.2, 0) is 4.79 Å². The van der Waals surface area contributed by atoms with Crippen molar-refractivity contribution in [2.75, 3.05) is 25.5 Å². The van der Waals surface area contributed by atoms with Crippen LogP contribution in [0.4, 0.5) is 5.69 Å². The molecule has 0 aliphatic heterocycles. The van der Waals surface area contributed by atoms with Crippen molar-refractivity contribution in [3.8, 4) is 5.75 Å². The predicted octanol–water partition coefficient (Wildman–Crippen LogP) is 0.732. The highest BCUT2D eigenvalue weighted by molar-refractivity contribution is 5.97. The van der Waals surface area contributed by atoms with Gasteiger partial charge in [-0.2, -0.15) is 0 Å². The van der Waals surface area contributed by atoms with Crippen molar-refractivity contribution in [1.82, 2.24) is 5.32 Å². The molecule has 0 heterocycles. The lowest BCUT2D eigenvalue weighted by Gasteiger charge is -2.11. The van der Waals surface area contributed by atoms with Gasteiger partial charge in [-0.3, -0.25) is 9.59 Å². The highest BCUT2D eigenvalue weighted by atomic mass is 16.5. The fraction of sp³-hybridized carbons (Fsp3) is 0.385. The summed E-state index contributed by atoms with van der Waals surface area (Å²) in [6.45, 7) is 3.38. The van der Waals surface area contributed by atoms with Gasteiger partial charge in [0, 0.05) is 18.5 Å². The van der Waals surface area contributed by atoms with E-state index in [1.54, 1.807) is 12.1 Å². The molecule has 0 saturated heterocycles. The van der Waals surface area contributed by atoms with Crippen LogP contribution in [0, 0.1) is 0 Å². The zero-order valence-corrected chi connectivity index (χ0v) is 11.2. The first kappa shape index (κ1) is 15.0. The fourth-order valence-electron chi connectivity index (χ4n) is 1.55. The molecule has 104 valence electrons. The largest absolute Gasteiger partial charge is 0.495 e. The third-order valence-corrected chi connectivity index (χ3v) is 2.54. The molecular weight excluding hydrogens is 246 g/mol. The number of carbonyl (C=O) groups excluding carboxylic acids is 2. The number of ether oxygens (including phenoxy) is 1. The van der Waals surface area contributed by atoms with Gasteiger partial charge in [0.2, 0.25) is 11.8 Å². The van der Waals surface area contributed by atoms with E-state index < -0.39 is 5.91 Å². The van der Waals surface area contributed by atoms with E-state index in [0.717, 1.165) is 6.54 Å². The Morgan fingerprint density at radius 1 is 1.37 bits per heavy atom. The summed E-state index contributed by atoms with van der Waals surface area (Å²) >= 11 is 0. The first-order valence-electron chi connectivity index (χ1n) is 6.07. The molecular formula is C13H19N3O3. The zero-order valence-electron chi connectivity index (χ0n) is 11.2. The van der Waals surface area contributed by atoms with Gasteiger partial charge in [-0.15, -0.1) is 0 Å². The van der Waals surface area contributed by atoms with E-state index >= 15 is 0 Å². The number of nitrogens with two attached hydrogens (primary N) is 1. The molecule has 6 nitrogen and oxygen atoms in total. The van der Waals surface area contributed by atoms with E-state index in [1.165, 1.54) is 13.2 Å². The molecule has 0 bridgehead atoms. The van der Waals surface area contributed by atoms with Crippen LogP contribution >= 0.6 is 0 Å². The first-order chi connectivity index (χ1) is 9.08. The van der Waals surface area contributed by atoms with Crippen LogP contribution in [0.2, 0.25) is 0 Å². The Kier molecular flexibility index (Phi) is 5.81. The summed E-state index contributed by atoms with van der Waals surface area (Å²) in [6, 6.07) is 4.65. The second kappa shape index (κ2) is 7.38. The van der Waals surface area contributed by atoms with Crippen molar-refractivity contribution in [2.24, 2.45) is 5.73 Å². The minimum atomic E-state index is -0.550. The van der Waals surface area contributed by atoms with Crippen molar-refractivity contribution in [3.63, 3.8) is 0 Å². The Morgan fingerprint density at radius 3 is 2.68 bits per heavy atom. The fourth-order valence-corrected chi connectivity index (χ4v) is 1.55. The molecule has 0 aliphatic carbocycles. The molecule has 0 saturated carbocycles. The first-order valence-corrected chi connectivity index (χ1v) is 6.07. The molecule has 0 fully saturated rings. The molecule has 4 N–H and O–H groups in total. The van der Waals surface area contributed by atoms with Crippen molar-refractivity contribution in [3.05, 3.63) is 23.8 Å². The number of anilines is 1. The molecule has 1 aromatic rings. The average Bonchev–Trinajstić information content (AvgIpc) is 2.38. The monoisotopic (exact) mass is 265 g/mol. The topological polar surface area (TPSA) is 93.5 Å². The summed E-state index contributed by atoms with van der Waals surface area (Å²) in [5.41, 5.74) is 5.97. The van der Waals surface area contributed by atoms with Crippen LogP contribution in [0.15, 0.2) is 18.2 Å². The molecule has 6 heteroatoms. The van der Waals surface area contributed by atoms with E-state index in [9.17, 15) is 9.59 Å². The minimum absolute atomic E-state index is 0.152.